The smallest absolute Gasteiger partial charge is 0.229 e. The van der Waals surface area contributed by atoms with Crippen molar-refractivity contribution in [1.82, 2.24) is 4.98 Å². The van der Waals surface area contributed by atoms with E-state index >= 15 is 0 Å². The van der Waals surface area contributed by atoms with Crippen LogP contribution in [0.1, 0.15) is 11.3 Å². The molecule has 2 N–H and O–H groups in total. The lowest BCUT2D eigenvalue weighted by molar-refractivity contribution is -0.115. The normalized spacial score (nSPS) is 10.2. The lowest BCUT2D eigenvalue weighted by atomic mass is 10.1. The number of pyridine rings is 1. The Morgan fingerprint density at radius 3 is 2.84 bits per heavy atom. The number of anilines is 1. The number of carbonyl (C=O) groups excluding carboxylic acids is 1. The van der Waals surface area contributed by atoms with Gasteiger partial charge < -0.3 is 10.4 Å². The van der Waals surface area contributed by atoms with Crippen LogP contribution in [0.15, 0.2) is 40.9 Å². The van der Waals surface area contributed by atoms with Gasteiger partial charge in [-0.05, 0) is 52.7 Å². The number of carbonyl (C=O) groups is 1. The number of aromatic hydroxyl groups is 1. The minimum absolute atomic E-state index is 0.155. The summed E-state index contributed by atoms with van der Waals surface area (Å²) in [5.41, 5.74) is 1.57. The summed E-state index contributed by atoms with van der Waals surface area (Å²) in [7, 11) is 0. The molecule has 2 rings (SSSR count). The van der Waals surface area contributed by atoms with Crippen LogP contribution in [0, 0.1) is 6.92 Å². The molecule has 0 fully saturated rings. The number of aryl methyl sites for hydroxylation is 1. The Labute approximate surface area is 119 Å². The molecule has 1 aromatic heterocycles. The van der Waals surface area contributed by atoms with Crippen molar-refractivity contribution >= 4 is 27.7 Å². The first-order valence-electron chi connectivity index (χ1n) is 5.75. The molecule has 0 aliphatic heterocycles. The van der Waals surface area contributed by atoms with Gasteiger partial charge in [0.15, 0.2) is 0 Å². The van der Waals surface area contributed by atoms with Crippen molar-refractivity contribution < 1.29 is 9.90 Å². The van der Waals surface area contributed by atoms with Gasteiger partial charge in [0.2, 0.25) is 5.91 Å². The lowest BCUT2D eigenvalue weighted by Gasteiger charge is -2.06. The zero-order valence-corrected chi connectivity index (χ0v) is 11.9. The summed E-state index contributed by atoms with van der Waals surface area (Å²) < 4.78 is 0.901. The van der Waals surface area contributed by atoms with E-state index in [-0.39, 0.29) is 18.1 Å². The zero-order valence-electron chi connectivity index (χ0n) is 10.4. The molecule has 0 aliphatic rings. The second kappa shape index (κ2) is 5.84. The fourth-order valence-corrected chi connectivity index (χ4v) is 1.87. The molecular formula is C14H13BrN2O2. The highest BCUT2D eigenvalue weighted by Gasteiger charge is 2.06. The average molecular weight is 321 g/mol. The minimum atomic E-state index is -0.167. The van der Waals surface area contributed by atoms with Gasteiger partial charge in [-0.15, -0.1) is 0 Å². The van der Waals surface area contributed by atoms with Gasteiger partial charge in [-0.25, -0.2) is 4.98 Å². The molecule has 0 bridgehead atoms. The van der Waals surface area contributed by atoms with Gasteiger partial charge in [0.1, 0.15) is 11.6 Å². The molecule has 0 aliphatic carbocycles. The average Bonchev–Trinajstić information content (AvgIpc) is 2.34. The molecule has 98 valence electrons. The summed E-state index contributed by atoms with van der Waals surface area (Å²) >= 11 is 3.35. The van der Waals surface area contributed by atoms with E-state index in [1.807, 2.05) is 13.0 Å². The molecular weight excluding hydrogens is 308 g/mol. The number of benzene rings is 1. The number of nitrogens with one attached hydrogen (secondary N) is 1. The van der Waals surface area contributed by atoms with E-state index in [1.165, 1.54) is 0 Å². The third-order valence-corrected chi connectivity index (χ3v) is 3.40. The van der Waals surface area contributed by atoms with Crippen molar-refractivity contribution in [2.75, 3.05) is 5.32 Å². The molecule has 4 nitrogen and oxygen atoms in total. The predicted molar refractivity (Wildman–Crippen MR) is 77.1 cm³/mol. The van der Waals surface area contributed by atoms with Crippen LogP contribution in [0.2, 0.25) is 0 Å². The van der Waals surface area contributed by atoms with Crippen molar-refractivity contribution in [3.63, 3.8) is 0 Å². The molecule has 0 atom stereocenters. The first-order valence-corrected chi connectivity index (χ1v) is 6.55. The Morgan fingerprint density at radius 1 is 1.37 bits per heavy atom. The monoisotopic (exact) mass is 320 g/mol. The van der Waals surface area contributed by atoms with E-state index in [4.69, 9.17) is 0 Å². The van der Waals surface area contributed by atoms with Crippen molar-refractivity contribution in [3.05, 3.63) is 52.1 Å². The van der Waals surface area contributed by atoms with Crippen LogP contribution in [-0.4, -0.2) is 16.0 Å². The highest BCUT2D eigenvalue weighted by molar-refractivity contribution is 9.10. The fraction of sp³-hybridized carbons (Fsp3) is 0.143. The van der Waals surface area contributed by atoms with Gasteiger partial charge >= 0.3 is 0 Å². The van der Waals surface area contributed by atoms with E-state index in [0.29, 0.717) is 5.82 Å². The molecule has 1 aromatic carbocycles. The SMILES string of the molecule is Cc1nc(NC(=O)Cc2cccc(O)c2)ccc1Br. The van der Waals surface area contributed by atoms with Crippen LogP contribution < -0.4 is 5.32 Å². The van der Waals surface area contributed by atoms with E-state index in [9.17, 15) is 9.90 Å². The second-order valence-electron chi connectivity index (χ2n) is 4.16. The van der Waals surface area contributed by atoms with E-state index < -0.39 is 0 Å². The molecule has 0 saturated carbocycles. The van der Waals surface area contributed by atoms with Gasteiger partial charge in [0.25, 0.3) is 0 Å². The van der Waals surface area contributed by atoms with E-state index in [0.717, 1.165) is 15.7 Å². The molecule has 0 saturated heterocycles. The number of nitrogens with zero attached hydrogens (tertiary/aromatic N) is 1. The molecule has 1 amide bonds. The topological polar surface area (TPSA) is 62.2 Å². The molecule has 2 aromatic rings. The number of hydrogen-bond donors (Lipinski definition) is 2. The Morgan fingerprint density at radius 2 is 2.16 bits per heavy atom. The summed E-state index contributed by atoms with van der Waals surface area (Å²) in [5, 5.41) is 12.1. The first-order chi connectivity index (χ1) is 9.04. The fourth-order valence-electron chi connectivity index (χ4n) is 1.65. The van der Waals surface area contributed by atoms with Gasteiger partial charge in [-0.1, -0.05) is 12.1 Å². The van der Waals surface area contributed by atoms with Crippen LogP contribution >= 0.6 is 15.9 Å². The van der Waals surface area contributed by atoms with Crippen molar-refractivity contribution in [1.29, 1.82) is 0 Å². The maximum Gasteiger partial charge on any atom is 0.229 e. The summed E-state index contributed by atoms with van der Waals surface area (Å²) in [6, 6.07) is 10.2. The van der Waals surface area contributed by atoms with Gasteiger partial charge in [-0.3, -0.25) is 4.79 Å². The number of halogens is 1. The maximum absolute atomic E-state index is 11.8. The quantitative estimate of drug-likeness (QED) is 0.913. The molecule has 19 heavy (non-hydrogen) atoms. The summed E-state index contributed by atoms with van der Waals surface area (Å²) in [4.78, 5) is 16.1. The van der Waals surface area contributed by atoms with Gasteiger partial charge in [0.05, 0.1) is 12.1 Å². The van der Waals surface area contributed by atoms with Crippen molar-refractivity contribution in [3.8, 4) is 5.75 Å². The largest absolute Gasteiger partial charge is 0.508 e. The van der Waals surface area contributed by atoms with Crippen LogP contribution in [0.4, 0.5) is 5.82 Å². The second-order valence-corrected chi connectivity index (χ2v) is 5.01. The molecule has 0 spiro atoms. The highest BCUT2D eigenvalue weighted by atomic mass is 79.9. The Balaban J connectivity index is 2.03. The number of hydrogen-bond acceptors (Lipinski definition) is 3. The number of amides is 1. The van der Waals surface area contributed by atoms with Crippen LogP contribution in [0.3, 0.4) is 0 Å². The van der Waals surface area contributed by atoms with Gasteiger partial charge in [0, 0.05) is 4.47 Å². The molecule has 0 radical (unpaired) electrons. The number of rotatable bonds is 3. The van der Waals surface area contributed by atoms with E-state index in [1.54, 1.807) is 30.3 Å². The summed E-state index contributed by atoms with van der Waals surface area (Å²) in [6.45, 7) is 1.86. The Hall–Kier alpha value is -1.88. The highest BCUT2D eigenvalue weighted by Crippen LogP contribution is 2.17. The molecule has 0 unspecified atom stereocenters. The Bertz CT molecular complexity index is 614. The zero-order chi connectivity index (χ0) is 13.8. The van der Waals surface area contributed by atoms with Crippen molar-refractivity contribution in [2.45, 2.75) is 13.3 Å². The standard InChI is InChI=1S/C14H13BrN2O2/c1-9-12(15)5-6-13(16-9)17-14(19)8-10-3-2-4-11(18)7-10/h2-7,18H,8H2,1H3,(H,16,17,19). The summed E-state index contributed by atoms with van der Waals surface area (Å²) in [6.07, 6.45) is 0.200. The lowest BCUT2D eigenvalue weighted by Crippen LogP contribution is -2.15. The third-order valence-electron chi connectivity index (χ3n) is 2.56. The first kappa shape index (κ1) is 13.5. The predicted octanol–water partition coefficient (Wildman–Crippen LogP) is 3.04. The number of aromatic nitrogens is 1. The summed E-state index contributed by atoms with van der Waals surface area (Å²) in [5.74, 6) is 0.508. The number of phenolic OH excluding ortho intramolecular Hbond substituents is 1. The van der Waals surface area contributed by atoms with Crippen LogP contribution in [0.25, 0.3) is 0 Å². The van der Waals surface area contributed by atoms with Crippen LogP contribution in [0.5, 0.6) is 5.75 Å². The molecule has 5 heteroatoms. The number of phenols is 1. The van der Waals surface area contributed by atoms with E-state index in [2.05, 4.69) is 26.2 Å². The Kier molecular flexibility index (Phi) is 4.16. The molecule has 1 heterocycles. The third kappa shape index (κ3) is 3.79. The minimum Gasteiger partial charge on any atom is -0.508 e. The maximum atomic E-state index is 11.8. The van der Waals surface area contributed by atoms with Gasteiger partial charge in [-0.2, -0.15) is 0 Å². The van der Waals surface area contributed by atoms with Crippen LogP contribution in [-0.2, 0) is 11.2 Å². The van der Waals surface area contributed by atoms with Crippen molar-refractivity contribution in [2.24, 2.45) is 0 Å².